The predicted octanol–water partition coefficient (Wildman–Crippen LogP) is 1.77. The second-order valence-corrected chi connectivity index (χ2v) is 5.23. The van der Waals surface area contributed by atoms with Gasteiger partial charge in [0, 0.05) is 25.2 Å². The number of carbonyl (C=O) groups is 1. The van der Waals surface area contributed by atoms with Gasteiger partial charge in [-0.25, -0.2) is 4.79 Å². The molecular formula is C12H22N2O2. The van der Waals surface area contributed by atoms with Crippen LogP contribution < -0.4 is 5.32 Å². The molecule has 16 heavy (non-hydrogen) atoms. The van der Waals surface area contributed by atoms with Crippen LogP contribution in [0.25, 0.3) is 0 Å². The molecule has 0 radical (unpaired) electrons. The van der Waals surface area contributed by atoms with Crippen molar-refractivity contribution in [3.63, 3.8) is 0 Å². The minimum atomic E-state index is -0.439. The number of piperazine rings is 1. The highest BCUT2D eigenvalue weighted by Gasteiger charge is 2.30. The van der Waals surface area contributed by atoms with Crippen LogP contribution in [0.15, 0.2) is 12.7 Å². The summed E-state index contributed by atoms with van der Waals surface area (Å²) in [7, 11) is 0. The summed E-state index contributed by atoms with van der Waals surface area (Å²) in [5.41, 5.74) is -0.439. The Morgan fingerprint density at radius 1 is 1.56 bits per heavy atom. The molecule has 0 unspecified atom stereocenters. The molecule has 0 saturated carbocycles. The van der Waals surface area contributed by atoms with E-state index < -0.39 is 5.60 Å². The Morgan fingerprint density at radius 3 is 2.69 bits per heavy atom. The first-order valence-electron chi connectivity index (χ1n) is 5.69. The molecule has 2 atom stereocenters. The van der Waals surface area contributed by atoms with Crippen molar-refractivity contribution >= 4 is 6.09 Å². The van der Waals surface area contributed by atoms with Crippen LogP contribution in [0.3, 0.4) is 0 Å². The highest BCUT2D eigenvalue weighted by molar-refractivity contribution is 5.68. The third kappa shape index (κ3) is 3.52. The Bertz CT molecular complexity index is 271. The number of carbonyl (C=O) groups excluding carboxylic acids is 1. The fourth-order valence-corrected chi connectivity index (χ4v) is 1.62. The van der Waals surface area contributed by atoms with E-state index in [0.29, 0.717) is 6.54 Å². The van der Waals surface area contributed by atoms with Crippen molar-refractivity contribution < 1.29 is 9.53 Å². The minimum Gasteiger partial charge on any atom is -0.444 e. The highest BCUT2D eigenvalue weighted by atomic mass is 16.6. The molecule has 0 aliphatic carbocycles. The van der Waals surface area contributed by atoms with Crippen LogP contribution in [0, 0.1) is 0 Å². The molecule has 1 saturated heterocycles. The Hall–Kier alpha value is -1.03. The molecule has 4 nitrogen and oxygen atoms in total. The van der Waals surface area contributed by atoms with E-state index in [-0.39, 0.29) is 18.2 Å². The van der Waals surface area contributed by atoms with Crippen molar-refractivity contribution in [2.45, 2.75) is 45.4 Å². The van der Waals surface area contributed by atoms with Gasteiger partial charge in [0.05, 0.1) is 0 Å². The lowest BCUT2D eigenvalue weighted by molar-refractivity contribution is 0.0116. The lowest BCUT2D eigenvalue weighted by Gasteiger charge is -2.38. The second-order valence-electron chi connectivity index (χ2n) is 5.23. The van der Waals surface area contributed by atoms with Crippen molar-refractivity contribution in [3.8, 4) is 0 Å². The fourth-order valence-electron chi connectivity index (χ4n) is 1.62. The van der Waals surface area contributed by atoms with Gasteiger partial charge in [-0.05, 0) is 27.7 Å². The zero-order chi connectivity index (χ0) is 12.3. The van der Waals surface area contributed by atoms with E-state index in [4.69, 9.17) is 4.74 Å². The third-order valence-electron chi connectivity index (χ3n) is 2.51. The van der Waals surface area contributed by atoms with Crippen molar-refractivity contribution in [3.05, 3.63) is 12.7 Å². The summed E-state index contributed by atoms with van der Waals surface area (Å²) in [4.78, 5) is 13.7. The van der Waals surface area contributed by atoms with Gasteiger partial charge in [-0.3, -0.25) is 0 Å². The Balaban J connectivity index is 2.62. The van der Waals surface area contributed by atoms with Gasteiger partial charge in [-0.2, -0.15) is 0 Å². The maximum Gasteiger partial charge on any atom is 0.410 e. The first kappa shape index (κ1) is 13.0. The normalized spacial score (nSPS) is 26.4. The molecular weight excluding hydrogens is 204 g/mol. The molecule has 1 aliphatic rings. The van der Waals surface area contributed by atoms with Crippen molar-refractivity contribution in [1.82, 2.24) is 10.2 Å². The minimum absolute atomic E-state index is 0.156. The van der Waals surface area contributed by atoms with Gasteiger partial charge < -0.3 is 15.0 Å². The van der Waals surface area contributed by atoms with Crippen LogP contribution >= 0.6 is 0 Å². The molecule has 0 bridgehead atoms. The average Bonchev–Trinajstić information content (AvgIpc) is 2.15. The summed E-state index contributed by atoms with van der Waals surface area (Å²) in [6.07, 6.45) is 1.58. The summed E-state index contributed by atoms with van der Waals surface area (Å²) in [6.45, 7) is 12.8. The summed E-state index contributed by atoms with van der Waals surface area (Å²) in [6, 6.07) is 0.315. The monoisotopic (exact) mass is 226 g/mol. The lowest BCUT2D eigenvalue weighted by Crippen LogP contribution is -2.57. The molecule has 0 aromatic carbocycles. The molecule has 1 fully saturated rings. The zero-order valence-corrected chi connectivity index (χ0v) is 10.6. The number of nitrogens with zero attached hydrogens (tertiary/aromatic N) is 1. The number of ether oxygens (including phenoxy) is 1. The zero-order valence-electron chi connectivity index (χ0n) is 10.6. The smallest absolute Gasteiger partial charge is 0.410 e. The molecule has 1 N–H and O–H groups in total. The molecule has 1 amide bonds. The highest BCUT2D eigenvalue weighted by Crippen LogP contribution is 2.14. The van der Waals surface area contributed by atoms with Crippen LogP contribution in [-0.4, -0.2) is 41.8 Å². The molecule has 1 heterocycles. The average molecular weight is 226 g/mol. The summed E-state index contributed by atoms with van der Waals surface area (Å²) in [5, 5.41) is 3.30. The van der Waals surface area contributed by atoms with Gasteiger partial charge in [0.25, 0.3) is 0 Å². The van der Waals surface area contributed by atoms with Crippen LogP contribution in [-0.2, 0) is 4.74 Å². The molecule has 0 aromatic rings. The maximum atomic E-state index is 11.9. The number of amides is 1. The SMILES string of the molecule is C=C[C@H]1CN(C(=O)OC(C)(C)C)[C@H](C)CN1. The van der Waals surface area contributed by atoms with E-state index in [0.717, 1.165) is 6.54 Å². The predicted molar refractivity (Wildman–Crippen MR) is 64.4 cm³/mol. The van der Waals surface area contributed by atoms with E-state index in [1.54, 1.807) is 4.90 Å². The van der Waals surface area contributed by atoms with E-state index in [9.17, 15) is 4.79 Å². The van der Waals surface area contributed by atoms with E-state index >= 15 is 0 Å². The van der Waals surface area contributed by atoms with Crippen LogP contribution in [0.2, 0.25) is 0 Å². The van der Waals surface area contributed by atoms with E-state index in [1.807, 2.05) is 33.8 Å². The molecule has 0 aromatic heterocycles. The van der Waals surface area contributed by atoms with Gasteiger partial charge in [-0.1, -0.05) is 6.08 Å². The Labute approximate surface area is 97.6 Å². The molecule has 4 heteroatoms. The number of nitrogens with one attached hydrogen (secondary N) is 1. The number of rotatable bonds is 1. The van der Waals surface area contributed by atoms with Crippen LogP contribution in [0.5, 0.6) is 0 Å². The second kappa shape index (κ2) is 4.87. The summed E-state index contributed by atoms with van der Waals surface area (Å²) >= 11 is 0. The Kier molecular flexibility index (Phi) is 3.97. The van der Waals surface area contributed by atoms with E-state index in [1.165, 1.54) is 0 Å². The molecule has 92 valence electrons. The number of hydrogen-bond donors (Lipinski definition) is 1. The van der Waals surface area contributed by atoms with Gasteiger partial charge in [0.1, 0.15) is 5.60 Å². The molecule has 1 rings (SSSR count). The van der Waals surface area contributed by atoms with Crippen LogP contribution in [0.4, 0.5) is 4.79 Å². The lowest BCUT2D eigenvalue weighted by atomic mass is 10.1. The van der Waals surface area contributed by atoms with Crippen molar-refractivity contribution in [2.24, 2.45) is 0 Å². The van der Waals surface area contributed by atoms with Crippen molar-refractivity contribution in [1.29, 1.82) is 0 Å². The summed E-state index contributed by atoms with van der Waals surface area (Å²) < 4.78 is 5.37. The third-order valence-corrected chi connectivity index (χ3v) is 2.51. The Morgan fingerprint density at radius 2 is 2.19 bits per heavy atom. The van der Waals surface area contributed by atoms with Crippen molar-refractivity contribution in [2.75, 3.05) is 13.1 Å². The largest absolute Gasteiger partial charge is 0.444 e. The van der Waals surface area contributed by atoms with Gasteiger partial charge in [-0.15, -0.1) is 6.58 Å². The number of hydrogen-bond acceptors (Lipinski definition) is 3. The first-order chi connectivity index (χ1) is 7.33. The summed E-state index contributed by atoms with van der Waals surface area (Å²) in [5.74, 6) is 0. The quantitative estimate of drug-likeness (QED) is 0.693. The van der Waals surface area contributed by atoms with Gasteiger partial charge in [0.15, 0.2) is 0 Å². The van der Waals surface area contributed by atoms with Crippen LogP contribution in [0.1, 0.15) is 27.7 Å². The fraction of sp³-hybridized carbons (Fsp3) is 0.750. The van der Waals surface area contributed by atoms with Gasteiger partial charge in [0.2, 0.25) is 0 Å². The topological polar surface area (TPSA) is 41.6 Å². The molecule has 0 spiro atoms. The standard InChI is InChI=1S/C12H22N2O2/c1-6-10-8-14(9(2)7-13-10)11(15)16-12(3,4)5/h6,9-10,13H,1,7-8H2,2-5H3/t9-,10+/m1/s1. The first-order valence-corrected chi connectivity index (χ1v) is 5.69. The molecule has 1 aliphatic heterocycles. The maximum absolute atomic E-state index is 11.9. The van der Waals surface area contributed by atoms with E-state index in [2.05, 4.69) is 11.9 Å². The van der Waals surface area contributed by atoms with Gasteiger partial charge >= 0.3 is 6.09 Å².